The van der Waals surface area contributed by atoms with E-state index in [4.69, 9.17) is 4.74 Å². The minimum absolute atomic E-state index is 0.139. The maximum absolute atomic E-state index is 12.4. The molecule has 1 N–H and O–H groups in total. The van der Waals surface area contributed by atoms with E-state index in [2.05, 4.69) is 10.3 Å². The molecule has 152 valence electrons. The molecule has 8 heteroatoms. The molecule has 0 aliphatic rings. The minimum atomic E-state index is -3.51. The standard InChI is InChI=1S/C21H23N3O4S/c1-17-6-8-18(9-7-17)29(26,27)15-10-21(25)23-19-4-2-3-5-20(19)28-14-13-24-12-11-22-16-24/h2-9,11-12,16H,10,13-15H2,1H3,(H,23,25). The highest BCUT2D eigenvalue weighted by Gasteiger charge is 2.17. The molecule has 0 aliphatic carbocycles. The number of para-hydroxylation sites is 2. The Hall–Kier alpha value is -3.13. The van der Waals surface area contributed by atoms with Gasteiger partial charge in [0.05, 0.1) is 29.2 Å². The van der Waals surface area contributed by atoms with Crippen molar-refractivity contribution >= 4 is 21.4 Å². The van der Waals surface area contributed by atoms with Crippen LogP contribution in [0, 0.1) is 6.92 Å². The van der Waals surface area contributed by atoms with Gasteiger partial charge in [0.15, 0.2) is 9.84 Å². The van der Waals surface area contributed by atoms with Crippen LogP contribution in [0.5, 0.6) is 5.75 Å². The summed E-state index contributed by atoms with van der Waals surface area (Å²) in [4.78, 5) is 16.5. The van der Waals surface area contributed by atoms with Crippen molar-refractivity contribution in [1.29, 1.82) is 0 Å². The van der Waals surface area contributed by atoms with Crippen molar-refractivity contribution in [2.75, 3.05) is 17.7 Å². The highest BCUT2D eigenvalue weighted by atomic mass is 32.2. The Morgan fingerprint density at radius 3 is 2.62 bits per heavy atom. The summed E-state index contributed by atoms with van der Waals surface area (Å²) in [6.07, 6.45) is 5.09. The maximum atomic E-state index is 12.4. The van der Waals surface area contributed by atoms with Crippen LogP contribution in [0.15, 0.2) is 72.1 Å². The molecule has 0 aliphatic heterocycles. The predicted molar refractivity (Wildman–Crippen MR) is 111 cm³/mol. The number of imidazole rings is 1. The second-order valence-electron chi connectivity index (χ2n) is 6.58. The van der Waals surface area contributed by atoms with Gasteiger partial charge in [-0.05, 0) is 31.2 Å². The zero-order chi connectivity index (χ0) is 20.7. The van der Waals surface area contributed by atoms with Crippen LogP contribution in [-0.4, -0.2) is 36.2 Å². The molecular weight excluding hydrogens is 390 g/mol. The van der Waals surface area contributed by atoms with Crippen LogP contribution in [-0.2, 0) is 21.2 Å². The lowest BCUT2D eigenvalue weighted by Crippen LogP contribution is -2.18. The number of sulfone groups is 1. The Bertz CT molecular complexity index is 1050. The van der Waals surface area contributed by atoms with E-state index in [0.29, 0.717) is 24.6 Å². The number of aromatic nitrogens is 2. The molecule has 1 amide bonds. The van der Waals surface area contributed by atoms with E-state index in [1.807, 2.05) is 23.8 Å². The number of carbonyl (C=O) groups is 1. The van der Waals surface area contributed by atoms with Gasteiger partial charge in [0.25, 0.3) is 0 Å². The van der Waals surface area contributed by atoms with Crippen molar-refractivity contribution in [3.05, 3.63) is 72.8 Å². The summed E-state index contributed by atoms with van der Waals surface area (Å²) in [6.45, 7) is 2.92. The maximum Gasteiger partial charge on any atom is 0.225 e. The lowest BCUT2D eigenvalue weighted by Gasteiger charge is -2.13. The molecule has 1 heterocycles. The van der Waals surface area contributed by atoms with Gasteiger partial charge >= 0.3 is 0 Å². The largest absolute Gasteiger partial charge is 0.490 e. The quantitative estimate of drug-likeness (QED) is 0.582. The van der Waals surface area contributed by atoms with Gasteiger partial charge in [0.1, 0.15) is 12.4 Å². The van der Waals surface area contributed by atoms with Gasteiger partial charge in [-0.2, -0.15) is 0 Å². The first-order valence-corrected chi connectivity index (χ1v) is 10.9. The average Bonchev–Trinajstić information content (AvgIpc) is 3.22. The van der Waals surface area contributed by atoms with Crippen LogP contribution < -0.4 is 10.1 Å². The number of hydrogen-bond acceptors (Lipinski definition) is 5. The Labute approximate surface area is 170 Å². The van der Waals surface area contributed by atoms with Crippen LogP contribution in [0.25, 0.3) is 0 Å². The number of ether oxygens (including phenoxy) is 1. The molecule has 0 atom stereocenters. The molecule has 2 aromatic carbocycles. The topological polar surface area (TPSA) is 90.3 Å². The first-order chi connectivity index (χ1) is 13.9. The molecule has 3 rings (SSSR count). The van der Waals surface area contributed by atoms with E-state index in [1.54, 1.807) is 55.0 Å². The van der Waals surface area contributed by atoms with Crippen molar-refractivity contribution in [1.82, 2.24) is 9.55 Å². The minimum Gasteiger partial charge on any atom is -0.490 e. The molecule has 29 heavy (non-hydrogen) atoms. The number of amides is 1. The van der Waals surface area contributed by atoms with Gasteiger partial charge in [0.2, 0.25) is 5.91 Å². The van der Waals surface area contributed by atoms with E-state index in [1.165, 1.54) is 0 Å². The molecule has 7 nitrogen and oxygen atoms in total. The molecule has 3 aromatic rings. The highest BCUT2D eigenvalue weighted by molar-refractivity contribution is 7.91. The van der Waals surface area contributed by atoms with Crippen molar-refractivity contribution in [2.45, 2.75) is 24.8 Å². The van der Waals surface area contributed by atoms with E-state index in [0.717, 1.165) is 5.56 Å². The third kappa shape index (κ3) is 5.92. The summed E-state index contributed by atoms with van der Waals surface area (Å²) in [6, 6.07) is 13.7. The number of benzene rings is 2. The third-order valence-electron chi connectivity index (χ3n) is 4.31. The predicted octanol–water partition coefficient (Wildman–Crippen LogP) is 3.07. The summed E-state index contributed by atoms with van der Waals surface area (Å²) in [7, 11) is -3.51. The van der Waals surface area contributed by atoms with Gasteiger partial charge in [0, 0.05) is 18.8 Å². The number of rotatable bonds is 9. The Balaban J connectivity index is 1.55. The van der Waals surface area contributed by atoms with Crippen LogP contribution in [0.2, 0.25) is 0 Å². The number of aryl methyl sites for hydroxylation is 1. The van der Waals surface area contributed by atoms with Gasteiger partial charge in [-0.1, -0.05) is 29.8 Å². The summed E-state index contributed by atoms with van der Waals surface area (Å²) in [5.41, 5.74) is 1.49. The smallest absolute Gasteiger partial charge is 0.225 e. The van der Waals surface area contributed by atoms with E-state index in [-0.39, 0.29) is 23.0 Å². The van der Waals surface area contributed by atoms with Crippen molar-refractivity contribution in [3.63, 3.8) is 0 Å². The normalized spacial score (nSPS) is 11.2. The van der Waals surface area contributed by atoms with E-state index < -0.39 is 9.84 Å². The number of nitrogens with zero attached hydrogens (tertiary/aromatic N) is 2. The SMILES string of the molecule is Cc1ccc(S(=O)(=O)CCC(=O)Nc2ccccc2OCCn2ccnc2)cc1. The molecule has 0 fully saturated rings. The lowest BCUT2D eigenvalue weighted by molar-refractivity contribution is -0.115. The second-order valence-corrected chi connectivity index (χ2v) is 8.68. The second kappa shape index (κ2) is 9.38. The van der Waals surface area contributed by atoms with E-state index in [9.17, 15) is 13.2 Å². The highest BCUT2D eigenvalue weighted by Crippen LogP contribution is 2.24. The number of carbonyl (C=O) groups excluding carboxylic acids is 1. The Morgan fingerprint density at radius 2 is 1.90 bits per heavy atom. The third-order valence-corrected chi connectivity index (χ3v) is 6.04. The molecular formula is C21H23N3O4S. The zero-order valence-electron chi connectivity index (χ0n) is 16.1. The average molecular weight is 413 g/mol. The van der Waals surface area contributed by atoms with Crippen molar-refractivity contribution in [3.8, 4) is 5.75 Å². The summed E-state index contributed by atoms with van der Waals surface area (Å²) in [5.74, 6) is -0.111. The lowest BCUT2D eigenvalue weighted by atomic mass is 10.2. The monoisotopic (exact) mass is 413 g/mol. The molecule has 0 spiro atoms. The molecule has 0 saturated heterocycles. The van der Waals surface area contributed by atoms with E-state index >= 15 is 0 Å². The molecule has 0 unspecified atom stereocenters. The molecule has 0 bridgehead atoms. The Morgan fingerprint density at radius 1 is 1.14 bits per heavy atom. The number of anilines is 1. The van der Waals surface area contributed by atoms with Gasteiger partial charge < -0.3 is 14.6 Å². The first kappa shape index (κ1) is 20.6. The van der Waals surface area contributed by atoms with Crippen LogP contribution >= 0.6 is 0 Å². The van der Waals surface area contributed by atoms with Crippen LogP contribution in [0.1, 0.15) is 12.0 Å². The van der Waals surface area contributed by atoms with Crippen LogP contribution in [0.3, 0.4) is 0 Å². The molecule has 0 radical (unpaired) electrons. The Kier molecular flexibility index (Phi) is 6.66. The van der Waals surface area contributed by atoms with Crippen LogP contribution in [0.4, 0.5) is 5.69 Å². The number of hydrogen-bond donors (Lipinski definition) is 1. The fourth-order valence-electron chi connectivity index (χ4n) is 2.68. The van der Waals surface area contributed by atoms with Gasteiger partial charge in [-0.15, -0.1) is 0 Å². The zero-order valence-corrected chi connectivity index (χ0v) is 16.9. The summed E-state index contributed by atoms with van der Waals surface area (Å²) >= 11 is 0. The number of nitrogens with one attached hydrogen (secondary N) is 1. The van der Waals surface area contributed by atoms with Crippen molar-refractivity contribution < 1.29 is 17.9 Å². The summed E-state index contributed by atoms with van der Waals surface area (Å²) < 4.78 is 32.5. The molecule has 0 saturated carbocycles. The van der Waals surface area contributed by atoms with Gasteiger partial charge in [-0.25, -0.2) is 13.4 Å². The van der Waals surface area contributed by atoms with Crippen molar-refractivity contribution in [2.24, 2.45) is 0 Å². The fraction of sp³-hybridized carbons (Fsp3) is 0.238. The fourth-order valence-corrected chi connectivity index (χ4v) is 3.92. The molecule has 1 aromatic heterocycles. The first-order valence-electron chi connectivity index (χ1n) is 9.21. The summed E-state index contributed by atoms with van der Waals surface area (Å²) in [5, 5.41) is 2.74. The van der Waals surface area contributed by atoms with Gasteiger partial charge in [-0.3, -0.25) is 4.79 Å².